The molecule has 0 aliphatic carbocycles. The minimum Gasteiger partial charge on any atom is -0.508 e. The fourth-order valence-electron chi connectivity index (χ4n) is 3.71. The number of thioether (sulfide) groups is 1. The van der Waals surface area contributed by atoms with E-state index in [2.05, 4.69) is 10.2 Å². The molecule has 38 heavy (non-hydrogen) atoms. The number of rotatable bonds is 7. The Morgan fingerprint density at radius 3 is 2.16 bits per heavy atom. The predicted molar refractivity (Wildman–Crippen MR) is 130 cm³/mol. The Morgan fingerprint density at radius 1 is 1.00 bits per heavy atom. The number of aromatic hydroxyl groups is 1. The summed E-state index contributed by atoms with van der Waals surface area (Å²) in [6, 6.07) is 6.08. The average Bonchev–Trinajstić information content (AvgIpc) is 3.21. The number of ether oxygens (including phenoxy) is 5. The fourth-order valence-corrected chi connectivity index (χ4v) is 4.55. The van der Waals surface area contributed by atoms with Gasteiger partial charge in [-0.05, 0) is 29.8 Å². The minimum absolute atomic E-state index is 0.0308. The molecular weight excluding hydrogens is 526 g/mol. The number of esters is 4. The molecule has 0 spiro atoms. The number of nitrogens with zero attached hydrogens (tertiary/aromatic N) is 3. The van der Waals surface area contributed by atoms with Gasteiger partial charge in [0.25, 0.3) is 0 Å². The van der Waals surface area contributed by atoms with Crippen LogP contribution < -0.4 is 0 Å². The molecule has 2 heterocycles. The largest absolute Gasteiger partial charge is 0.508 e. The smallest absolute Gasteiger partial charge is 0.339 e. The lowest BCUT2D eigenvalue weighted by Gasteiger charge is -2.45. The lowest BCUT2D eigenvalue weighted by Crippen LogP contribution is -2.67. The lowest BCUT2D eigenvalue weighted by molar-refractivity contribution is -0.263. The van der Waals surface area contributed by atoms with Gasteiger partial charge in [0.1, 0.15) is 5.75 Å². The van der Waals surface area contributed by atoms with Crippen molar-refractivity contribution in [1.82, 2.24) is 4.90 Å². The summed E-state index contributed by atoms with van der Waals surface area (Å²) in [5.41, 5.74) is 0.602. The van der Waals surface area contributed by atoms with E-state index in [0.29, 0.717) is 5.56 Å². The SMILES string of the molecule is COC(=O)[C@H]1O[C@@H](N2C(=O)CS/C2=N\N=C\c2ccc(O)cc2)[C@H](OC(C)=O)[C@@H](OC(C)=O)[C@@H]1OC(C)=O. The number of hydrogen-bond donors (Lipinski definition) is 1. The van der Waals surface area contributed by atoms with E-state index < -0.39 is 60.4 Å². The van der Waals surface area contributed by atoms with Crippen LogP contribution in [0.2, 0.25) is 0 Å². The van der Waals surface area contributed by atoms with Crippen LogP contribution in [-0.2, 0) is 47.7 Å². The van der Waals surface area contributed by atoms with Gasteiger partial charge in [-0.2, -0.15) is 5.10 Å². The van der Waals surface area contributed by atoms with Gasteiger partial charge in [0.2, 0.25) is 5.91 Å². The number of phenols is 1. The molecule has 0 bridgehead atoms. The summed E-state index contributed by atoms with van der Waals surface area (Å²) < 4.78 is 26.6. The predicted octanol–water partition coefficient (Wildman–Crippen LogP) is 0.350. The number of carbonyl (C=O) groups is 5. The second kappa shape index (κ2) is 12.5. The van der Waals surface area contributed by atoms with Gasteiger partial charge in [-0.25, -0.2) is 4.79 Å². The molecule has 2 aliphatic rings. The monoisotopic (exact) mass is 551 g/mol. The molecule has 3 rings (SSSR count). The van der Waals surface area contributed by atoms with Gasteiger partial charge in [-0.15, -0.1) is 5.10 Å². The summed E-state index contributed by atoms with van der Waals surface area (Å²) in [7, 11) is 1.06. The molecule has 0 unspecified atom stereocenters. The molecule has 2 fully saturated rings. The molecule has 14 nitrogen and oxygen atoms in total. The van der Waals surface area contributed by atoms with Crippen LogP contribution >= 0.6 is 11.8 Å². The quantitative estimate of drug-likeness (QED) is 0.213. The Labute approximate surface area is 220 Å². The van der Waals surface area contributed by atoms with Gasteiger partial charge in [0, 0.05) is 20.8 Å². The third-order valence-corrected chi connectivity index (χ3v) is 6.08. The van der Waals surface area contributed by atoms with E-state index in [9.17, 15) is 29.1 Å². The average molecular weight is 552 g/mol. The van der Waals surface area contributed by atoms with Crippen molar-refractivity contribution in [1.29, 1.82) is 0 Å². The number of benzene rings is 1. The van der Waals surface area contributed by atoms with Crippen LogP contribution in [0.15, 0.2) is 34.5 Å². The first-order valence-corrected chi connectivity index (χ1v) is 12.1. The molecule has 0 saturated carbocycles. The van der Waals surface area contributed by atoms with Crippen molar-refractivity contribution >= 4 is 52.9 Å². The standard InChI is InChI=1S/C23H25N3O11S/c1-11(27)34-17-18(35-12(2)28)20(22(32)33-4)37-21(19(17)36-13(3)29)26-16(31)10-38-23(26)25-24-9-14-5-7-15(30)8-6-14/h5-9,17-21,30H,10H2,1-4H3/b24-9+,25-23-/t17-,18-,19+,20-,21+/m0/s1. The van der Waals surface area contributed by atoms with Crippen molar-refractivity contribution < 1.29 is 52.8 Å². The van der Waals surface area contributed by atoms with Crippen molar-refractivity contribution in [3.63, 3.8) is 0 Å². The van der Waals surface area contributed by atoms with Gasteiger partial charge in [0.15, 0.2) is 35.8 Å². The third-order valence-electron chi connectivity index (χ3n) is 5.15. The number of hydrogen-bond acceptors (Lipinski definition) is 14. The Kier molecular flexibility index (Phi) is 9.41. The van der Waals surface area contributed by atoms with E-state index in [1.807, 2.05) is 0 Å². The summed E-state index contributed by atoms with van der Waals surface area (Å²) in [6.45, 7) is 3.20. The molecule has 0 aromatic heterocycles. The highest BCUT2D eigenvalue weighted by Gasteiger charge is 2.58. The summed E-state index contributed by atoms with van der Waals surface area (Å²) in [6.07, 6.45) is -6.48. The molecular formula is C23H25N3O11S. The Balaban J connectivity index is 2.04. The number of amidine groups is 1. The molecule has 1 aromatic carbocycles. The highest BCUT2D eigenvalue weighted by molar-refractivity contribution is 8.15. The Hall–Kier alpha value is -3.98. The maximum atomic E-state index is 12.9. The van der Waals surface area contributed by atoms with Gasteiger partial charge in [-0.1, -0.05) is 11.8 Å². The van der Waals surface area contributed by atoms with Crippen LogP contribution in [-0.4, -0.2) is 94.7 Å². The second-order valence-electron chi connectivity index (χ2n) is 7.96. The maximum Gasteiger partial charge on any atom is 0.339 e. The van der Waals surface area contributed by atoms with Crippen molar-refractivity contribution in [3.8, 4) is 5.75 Å². The van der Waals surface area contributed by atoms with Crippen LogP contribution in [0.4, 0.5) is 0 Å². The molecule has 204 valence electrons. The Morgan fingerprint density at radius 2 is 1.58 bits per heavy atom. The van der Waals surface area contributed by atoms with Crippen LogP contribution in [0.1, 0.15) is 26.3 Å². The lowest BCUT2D eigenvalue weighted by atomic mass is 9.96. The van der Waals surface area contributed by atoms with Crippen LogP contribution in [0, 0.1) is 0 Å². The van der Waals surface area contributed by atoms with Crippen molar-refractivity contribution in [2.24, 2.45) is 10.2 Å². The van der Waals surface area contributed by atoms with Gasteiger partial charge < -0.3 is 28.8 Å². The van der Waals surface area contributed by atoms with Crippen LogP contribution in [0.3, 0.4) is 0 Å². The van der Waals surface area contributed by atoms with E-state index in [1.54, 1.807) is 12.1 Å². The highest BCUT2D eigenvalue weighted by Crippen LogP contribution is 2.34. The molecule has 1 aromatic rings. The molecule has 1 N–H and O–H groups in total. The van der Waals surface area contributed by atoms with E-state index >= 15 is 0 Å². The van der Waals surface area contributed by atoms with Gasteiger partial charge in [-0.3, -0.25) is 24.1 Å². The first kappa shape index (κ1) is 28.6. The van der Waals surface area contributed by atoms with Gasteiger partial charge >= 0.3 is 23.9 Å². The van der Waals surface area contributed by atoms with Crippen LogP contribution in [0.25, 0.3) is 0 Å². The van der Waals surface area contributed by atoms with Gasteiger partial charge in [0.05, 0.1) is 19.1 Å². The number of carbonyl (C=O) groups excluding carboxylic acids is 5. The number of methoxy groups -OCH3 is 1. The van der Waals surface area contributed by atoms with E-state index in [4.69, 9.17) is 23.7 Å². The molecule has 1 amide bonds. The molecule has 0 radical (unpaired) electrons. The second-order valence-corrected chi connectivity index (χ2v) is 8.91. The van der Waals surface area contributed by atoms with E-state index in [1.165, 1.54) is 18.3 Å². The zero-order valence-electron chi connectivity index (χ0n) is 20.8. The van der Waals surface area contributed by atoms with E-state index in [0.717, 1.165) is 44.5 Å². The van der Waals surface area contributed by atoms with E-state index in [-0.39, 0.29) is 16.7 Å². The molecule has 2 aliphatic heterocycles. The molecule has 5 atom stereocenters. The fraction of sp³-hybridized carbons (Fsp3) is 0.435. The number of phenolic OH excluding ortho intramolecular Hbond substituents is 1. The Bertz CT molecular complexity index is 1150. The van der Waals surface area contributed by atoms with Crippen molar-refractivity contribution in [3.05, 3.63) is 29.8 Å². The van der Waals surface area contributed by atoms with Crippen molar-refractivity contribution in [2.45, 2.75) is 51.4 Å². The first-order chi connectivity index (χ1) is 18.0. The highest BCUT2D eigenvalue weighted by atomic mass is 32.2. The van der Waals surface area contributed by atoms with Crippen molar-refractivity contribution in [2.75, 3.05) is 12.9 Å². The molecule has 2 saturated heterocycles. The van der Waals surface area contributed by atoms with Crippen LogP contribution in [0.5, 0.6) is 5.75 Å². The summed E-state index contributed by atoms with van der Waals surface area (Å²) in [5, 5.41) is 17.5. The normalized spacial score (nSPS) is 26.3. The topological polar surface area (TPSA) is 180 Å². The summed E-state index contributed by atoms with van der Waals surface area (Å²) in [5.74, 6) is -4.07. The zero-order chi connectivity index (χ0) is 28.0. The zero-order valence-corrected chi connectivity index (χ0v) is 21.6. The molecule has 15 heteroatoms. The third kappa shape index (κ3) is 6.86. The summed E-state index contributed by atoms with van der Waals surface area (Å²) in [4.78, 5) is 62.4. The number of amides is 1. The first-order valence-electron chi connectivity index (χ1n) is 11.1. The maximum absolute atomic E-state index is 12.9. The summed E-state index contributed by atoms with van der Waals surface area (Å²) >= 11 is 0.996. The minimum atomic E-state index is -1.66.